The van der Waals surface area contributed by atoms with Crippen LogP contribution in [0, 0.1) is 11.3 Å². The highest BCUT2D eigenvalue weighted by Gasteiger charge is 2.02. The topological polar surface area (TPSA) is 36.7 Å². The summed E-state index contributed by atoms with van der Waals surface area (Å²) in [5.41, 5.74) is 2.69. The molecule has 1 aromatic carbocycles. The van der Waals surface area contributed by atoms with Gasteiger partial charge in [-0.05, 0) is 17.2 Å². The van der Waals surface area contributed by atoms with Gasteiger partial charge in [-0.3, -0.25) is 0 Å². The Hall–Kier alpha value is -2.14. The van der Waals surface area contributed by atoms with E-state index >= 15 is 0 Å². The Morgan fingerprint density at radius 1 is 1.07 bits per heavy atom. The van der Waals surface area contributed by atoms with Crippen molar-refractivity contribution in [3.8, 4) is 6.07 Å². The van der Waals surface area contributed by atoms with Gasteiger partial charge in [0.25, 0.3) is 0 Å². The molecule has 0 radical (unpaired) electrons. The number of nitriles is 1. The first-order valence-corrected chi connectivity index (χ1v) is 4.78. The molecule has 0 saturated heterocycles. The van der Waals surface area contributed by atoms with E-state index in [-0.39, 0.29) is 0 Å². The van der Waals surface area contributed by atoms with Crippen molar-refractivity contribution < 1.29 is 0 Å². The summed E-state index contributed by atoms with van der Waals surface area (Å²) in [6.45, 7) is 0. The lowest BCUT2D eigenvalue weighted by Gasteiger charge is -2.02. The number of aromatic nitrogens is 1. The van der Waals surface area contributed by atoms with Crippen molar-refractivity contribution >= 4 is 0 Å². The van der Waals surface area contributed by atoms with Gasteiger partial charge in [0.2, 0.25) is 0 Å². The molecule has 0 saturated carbocycles. The maximum Gasteiger partial charge on any atom is 0.143 e. The molecule has 2 rings (SSSR count). The third kappa shape index (κ3) is 2.21. The van der Waals surface area contributed by atoms with Crippen LogP contribution in [0.15, 0.2) is 48.7 Å². The Bertz CT molecular complexity index is 483. The summed E-state index contributed by atoms with van der Waals surface area (Å²) in [6.07, 6.45) is 2.41. The normalized spacial score (nSPS) is 9.53. The van der Waals surface area contributed by atoms with Crippen LogP contribution in [0.1, 0.15) is 16.8 Å². The van der Waals surface area contributed by atoms with E-state index in [1.165, 1.54) is 5.56 Å². The number of hydrogen-bond donors (Lipinski definition) is 0. The lowest BCUT2D eigenvalue weighted by atomic mass is 10.0. The first kappa shape index (κ1) is 9.42. The highest BCUT2D eigenvalue weighted by molar-refractivity contribution is 5.34. The Morgan fingerprint density at radius 3 is 2.60 bits per heavy atom. The molecular formula is C13H10N2. The van der Waals surface area contributed by atoms with E-state index < -0.39 is 0 Å². The summed E-state index contributed by atoms with van der Waals surface area (Å²) in [6, 6.07) is 16.0. The van der Waals surface area contributed by atoms with E-state index in [9.17, 15) is 0 Å². The molecule has 72 valence electrons. The molecule has 0 aliphatic heterocycles. The molecule has 2 aromatic rings. The molecule has 1 heterocycles. The van der Waals surface area contributed by atoms with Gasteiger partial charge < -0.3 is 0 Å². The molecule has 0 unspecified atom stereocenters. The Labute approximate surface area is 88.8 Å². The minimum atomic E-state index is 0.515. The lowest BCUT2D eigenvalue weighted by Crippen LogP contribution is -1.94. The molecule has 0 atom stereocenters. The maximum atomic E-state index is 8.88. The van der Waals surface area contributed by atoms with E-state index in [0.29, 0.717) is 5.69 Å². The lowest BCUT2D eigenvalue weighted by molar-refractivity contribution is 1.12. The van der Waals surface area contributed by atoms with Gasteiger partial charge in [0.05, 0.1) is 0 Å². The van der Waals surface area contributed by atoms with Crippen LogP contribution in [0.3, 0.4) is 0 Å². The zero-order valence-corrected chi connectivity index (χ0v) is 8.22. The third-order valence-electron chi connectivity index (χ3n) is 2.23. The molecule has 0 aliphatic rings. The quantitative estimate of drug-likeness (QED) is 0.736. The highest BCUT2D eigenvalue weighted by atomic mass is 14.7. The van der Waals surface area contributed by atoms with Gasteiger partial charge in [-0.1, -0.05) is 36.4 Å². The molecule has 15 heavy (non-hydrogen) atoms. The van der Waals surface area contributed by atoms with Gasteiger partial charge in [-0.15, -0.1) is 0 Å². The maximum absolute atomic E-state index is 8.88. The summed E-state index contributed by atoms with van der Waals surface area (Å²) in [5.74, 6) is 0. The second-order valence-corrected chi connectivity index (χ2v) is 3.29. The summed E-state index contributed by atoms with van der Waals surface area (Å²) < 4.78 is 0. The second kappa shape index (κ2) is 4.39. The van der Waals surface area contributed by atoms with E-state index in [0.717, 1.165) is 12.0 Å². The second-order valence-electron chi connectivity index (χ2n) is 3.29. The van der Waals surface area contributed by atoms with Gasteiger partial charge in [0.1, 0.15) is 11.8 Å². The van der Waals surface area contributed by atoms with Crippen LogP contribution in [-0.2, 0) is 6.42 Å². The Balaban J connectivity index is 2.29. The molecule has 0 amide bonds. The molecule has 2 nitrogen and oxygen atoms in total. The fraction of sp³-hybridized carbons (Fsp3) is 0.0769. The van der Waals surface area contributed by atoms with E-state index in [2.05, 4.69) is 11.1 Å². The number of benzene rings is 1. The van der Waals surface area contributed by atoms with Crippen molar-refractivity contribution in [3.05, 3.63) is 65.5 Å². The standard InChI is InChI=1S/C13H10N2/c14-10-13-12(7-4-8-15-13)9-11-5-2-1-3-6-11/h1-8H,9H2. The van der Waals surface area contributed by atoms with Crippen LogP contribution >= 0.6 is 0 Å². The molecule has 0 aliphatic carbocycles. The van der Waals surface area contributed by atoms with Crippen LogP contribution in [0.2, 0.25) is 0 Å². The fourth-order valence-corrected chi connectivity index (χ4v) is 1.50. The largest absolute Gasteiger partial charge is 0.245 e. The van der Waals surface area contributed by atoms with Gasteiger partial charge in [0.15, 0.2) is 0 Å². The Morgan fingerprint density at radius 2 is 1.87 bits per heavy atom. The average Bonchev–Trinajstić information content (AvgIpc) is 2.31. The zero-order valence-electron chi connectivity index (χ0n) is 8.22. The van der Waals surface area contributed by atoms with Crippen LogP contribution in [0.4, 0.5) is 0 Å². The SMILES string of the molecule is N#Cc1ncccc1Cc1ccccc1. The summed E-state index contributed by atoms with van der Waals surface area (Å²) >= 11 is 0. The van der Waals surface area contributed by atoms with Crippen molar-refractivity contribution in [1.29, 1.82) is 5.26 Å². The summed E-state index contributed by atoms with van der Waals surface area (Å²) in [5, 5.41) is 8.88. The van der Waals surface area contributed by atoms with Crippen LogP contribution in [0.25, 0.3) is 0 Å². The highest BCUT2D eigenvalue weighted by Crippen LogP contribution is 2.11. The number of nitrogens with zero attached hydrogens (tertiary/aromatic N) is 2. The van der Waals surface area contributed by atoms with E-state index in [4.69, 9.17) is 5.26 Å². The van der Waals surface area contributed by atoms with Crippen molar-refractivity contribution in [2.45, 2.75) is 6.42 Å². The first-order valence-electron chi connectivity index (χ1n) is 4.78. The zero-order chi connectivity index (χ0) is 10.5. The third-order valence-corrected chi connectivity index (χ3v) is 2.23. The average molecular weight is 194 g/mol. The molecule has 0 spiro atoms. The predicted octanol–water partition coefficient (Wildman–Crippen LogP) is 2.54. The summed E-state index contributed by atoms with van der Waals surface area (Å²) in [7, 11) is 0. The van der Waals surface area contributed by atoms with E-state index in [1.54, 1.807) is 6.20 Å². The number of hydrogen-bond acceptors (Lipinski definition) is 2. The van der Waals surface area contributed by atoms with Crippen LogP contribution < -0.4 is 0 Å². The van der Waals surface area contributed by atoms with Gasteiger partial charge in [0, 0.05) is 12.6 Å². The smallest absolute Gasteiger partial charge is 0.143 e. The van der Waals surface area contributed by atoms with Crippen LogP contribution in [-0.4, -0.2) is 4.98 Å². The van der Waals surface area contributed by atoms with E-state index in [1.807, 2.05) is 42.5 Å². The minimum Gasteiger partial charge on any atom is -0.245 e. The molecule has 0 fully saturated rings. The number of rotatable bonds is 2. The predicted molar refractivity (Wildman–Crippen MR) is 58.2 cm³/mol. The van der Waals surface area contributed by atoms with Crippen molar-refractivity contribution in [2.75, 3.05) is 0 Å². The van der Waals surface area contributed by atoms with Crippen LogP contribution in [0.5, 0.6) is 0 Å². The first-order chi connectivity index (χ1) is 7.40. The van der Waals surface area contributed by atoms with Gasteiger partial charge in [-0.2, -0.15) is 5.26 Å². The van der Waals surface area contributed by atoms with Gasteiger partial charge in [-0.25, -0.2) is 4.98 Å². The molecule has 0 N–H and O–H groups in total. The summed E-state index contributed by atoms with van der Waals surface area (Å²) in [4.78, 5) is 4.03. The molecule has 0 bridgehead atoms. The minimum absolute atomic E-state index is 0.515. The van der Waals surface area contributed by atoms with Crippen molar-refractivity contribution in [1.82, 2.24) is 4.98 Å². The number of pyridine rings is 1. The Kier molecular flexibility index (Phi) is 2.75. The van der Waals surface area contributed by atoms with Crippen molar-refractivity contribution in [3.63, 3.8) is 0 Å². The van der Waals surface area contributed by atoms with Gasteiger partial charge >= 0.3 is 0 Å². The monoisotopic (exact) mass is 194 g/mol. The fourth-order valence-electron chi connectivity index (χ4n) is 1.50. The van der Waals surface area contributed by atoms with Crippen molar-refractivity contribution in [2.24, 2.45) is 0 Å². The molecule has 2 heteroatoms. The molecule has 1 aromatic heterocycles. The molecular weight excluding hydrogens is 184 g/mol.